The maximum atomic E-state index is 5.31. The Labute approximate surface area is 95.1 Å². The van der Waals surface area contributed by atoms with Crippen molar-refractivity contribution < 1.29 is 4.84 Å². The van der Waals surface area contributed by atoms with Crippen LogP contribution in [0.2, 0.25) is 0 Å². The zero-order chi connectivity index (χ0) is 11.4. The maximum Gasteiger partial charge on any atom is 0.0575 e. The van der Waals surface area contributed by atoms with Crippen LogP contribution < -0.4 is 5.32 Å². The first-order valence-corrected chi connectivity index (χ1v) is 6.34. The first kappa shape index (κ1) is 14.9. The van der Waals surface area contributed by atoms with Gasteiger partial charge in [-0.2, -0.15) is 5.06 Å². The van der Waals surface area contributed by atoms with E-state index in [2.05, 4.69) is 24.2 Å². The molecule has 0 atom stereocenters. The molecule has 0 aromatic carbocycles. The van der Waals surface area contributed by atoms with Crippen LogP contribution >= 0.6 is 0 Å². The molecule has 3 heteroatoms. The van der Waals surface area contributed by atoms with Gasteiger partial charge in [0.05, 0.1) is 7.11 Å². The van der Waals surface area contributed by atoms with Crippen molar-refractivity contribution in [2.75, 3.05) is 33.3 Å². The van der Waals surface area contributed by atoms with E-state index in [4.69, 9.17) is 4.84 Å². The maximum absolute atomic E-state index is 5.31. The molecule has 0 aromatic rings. The van der Waals surface area contributed by atoms with Gasteiger partial charge in [-0.1, -0.05) is 26.7 Å². The minimum Gasteiger partial charge on any atom is -0.317 e. The van der Waals surface area contributed by atoms with Crippen LogP contribution in [-0.4, -0.2) is 38.4 Å². The average Bonchev–Trinajstić information content (AvgIpc) is 2.26. The van der Waals surface area contributed by atoms with E-state index in [9.17, 15) is 0 Å². The highest BCUT2D eigenvalue weighted by atomic mass is 16.7. The quantitative estimate of drug-likeness (QED) is 0.424. The van der Waals surface area contributed by atoms with E-state index in [-0.39, 0.29) is 0 Å². The molecule has 1 N–H and O–H groups in total. The number of rotatable bonds is 11. The molecule has 0 saturated carbocycles. The predicted molar refractivity (Wildman–Crippen MR) is 65.9 cm³/mol. The number of unbranched alkanes of at least 4 members (excludes halogenated alkanes) is 2. The molecule has 0 aliphatic carbocycles. The molecule has 0 heterocycles. The van der Waals surface area contributed by atoms with Crippen molar-refractivity contribution in [2.24, 2.45) is 0 Å². The summed E-state index contributed by atoms with van der Waals surface area (Å²) in [6.07, 6.45) is 6.20. The highest BCUT2D eigenvalue weighted by molar-refractivity contribution is 4.51. The number of nitrogens with zero attached hydrogens (tertiary/aromatic N) is 1. The number of nitrogens with one attached hydrogen (secondary N) is 1. The van der Waals surface area contributed by atoms with Gasteiger partial charge in [-0.3, -0.25) is 0 Å². The van der Waals surface area contributed by atoms with Gasteiger partial charge in [-0.05, 0) is 32.4 Å². The van der Waals surface area contributed by atoms with Gasteiger partial charge in [-0.25, -0.2) is 0 Å². The Kier molecular flexibility index (Phi) is 11.9. The van der Waals surface area contributed by atoms with Crippen molar-refractivity contribution in [3.05, 3.63) is 0 Å². The van der Waals surface area contributed by atoms with Crippen molar-refractivity contribution in [1.29, 1.82) is 0 Å². The Morgan fingerprint density at radius 1 is 0.933 bits per heavy atom. The first-order chi connectivity index (χ1) is 7.35. The number of hydrogen-bond acceptors (Lipinski definition) is 3. The van der Waals surface area contributed by atoms with Crippen LogP contribution in [0.25, 0.3) is 0 Å². The van der Waals surface area contributed by atoms with Gasteiger partial charge >= 0.3 is 0 Å². The summed E-state index contributed by atoms with van der Waals surface area (Å²) in [7, 11) is 1.77. The molecule has 3 nitrogen and oxygen atoms in total. The summed E-state index contributed by atoms with van der Waals surface area (Å²) in [6, 6.07) is 0. The Morgan fingerprint density at radius 2 is 1.67 bits per heavy atom. The zero-order valence-electron chi connectivity index (χ0n) is 10.7. The van der Waals surface area contributed by atoms with E-state index >= 15 is 0 Å². The van der Waals surface area contributed by atoms with Crippen LogP contribution in [0.3, 0.4) is 0 Å². The Morgan fingerprint density at radius 3 is 2.27 bits per heavy atom. The van der Waals surface area contributed by atoms with E-state index in [1.807, 2.05) is 0 Å². The van der Waals surface area contributed by atoms with E-state index in [1.165, 1.54) is 32.1 Å². The second-order valence-electron chi connectivity index (χ2n) is 3.92. The smallest absolute Gasteiger partial charge is 0.0575 e. The van der Waals surface area contributed by atoms with Crippen LogP contribution in [-0.2, 0) is 4.84 Å². The summed E-state index contributed by atoms with van der Waals surface area (Å²) in [5.41, 5.74) is 0. The molecule has 0 unspecified atom stereocenters. The second-order valence-corrected chi connectivity index (χ2v) is 3.92. The molecular weight excluding hydrogens is 188 g/mol. The fourth-order valence-corrected chi connectivity index (χ4v) is 1.51. The fraction of sp³-hybridized carbons (Fsp3) is 1.00. The summed E-state index contributed by atoms with van der Waals surface area (Å²) in [6.45, 7) is 8.75. The normalized spacial score (nSPS) is 11.2. The molecule has 0 saturated heterocycles. The Bertz CT molecular complexity index is 120. The minimum atomic E-state index is 1.04. The third-order valence-corrected chi connectivity index (χ3v) is 2.46. The van der Waals surface area contributed by atoms with Crippen LogP contribution in [0.1, 0.15) is 46.0 Å². The summed E-state index contributed by atoms with van der Waals surface area (Å²) < 4.78 is 0. The van der Waals surface area contributed by atoms with Crippen LogP contribution in [0.15, 0.2) is 0 Å². The summed E-state index contributed by atoms with van der Waals surface area (Å²) in [5.74, 6) is 0. The molecular formula is C12H28N2O. The standard InChI is InChI=1S/C12H28N2O/c1-4-6-7-11-14(15-3)12-8-10-13-9-5-2/h13H,4-12H2,1-3H3. The highest BCUT2D eigenvalue weighted by Crippen LogP contribution is 1.99. The lowest BCUT2D eigenvalue weighted by Gasteiger charge is -2.19. The molecule has 0 rings (SSSR count). The molecule has 92 valence electrons. The average molecular weight is 216 g/mol. The van der Waals surface area contributed by atoms with Crippen LogP contribution in [0.5, 0.6) is 0 Å². The molecule has 15 heavy (non-hydrogen) atoms. The second kappa shape index (κ2) is 12.0. The zero-order valence-corrected chi connectivity index (χ0v) is 10.7. The predicted octanol–water partition coefficient (Wildman–Crippen LogP) is 2.43. The van der Waals surface area contributed by atoms with Crippen molar-refractivity contribution >= 4 is 0 Å². The minimum absolute atomic E-state index is 1.04. The fourth-order valence-electron chi connectivity index (χ4n) is 1.51. The van der Waals surface area contributed by atoms with Crippen LogP contribution in [0.4, 0.5) is 0 Å². The van der Waals surface area contributed by atoms with Gasteiger partial charge in [0.25, 0.3) is 0 Å². The van der Waals surface area contributed by atoms with Crippen molar-refractivity contribution in [3.63, 3.8) is 0 Å². The number of hydrogen-bond donors (Lipinski definition) is 1. The molecule has 0 aliphatic heterocycles. The molecule has 0 fully saturated rings. The number of hydroxylamine groups is 2. The molecule has 0 radical (unpaired) electrons. The third-order valence-electron chi connectivity index (χ3n) is 2.46. The summed E-state index contributed by atoms with van der Waals surface area (Å²) in [5, 5.41) is 5.47. The van der Waals surface area contributed by atoms with Gasteiger partial charge in [0.1, 0.15) is 0 Å². The monoisotopic (exact) mass is 216 g/mol. The largest absolute Gasteiger partial charge is 0.317 e. The molecule has 0 bridgehead atoms. The lowest BCUT2D eigenvalue weighted by Crippen LogP contribution is -2.28. The van der Waals surface area contributed by atoms with Crippen LogP contribution in [0, 0.1) is 0 Å². The van der Waals surface area contributed by atoms with Gasteiger partial charge in [0, 0.05) is 13.1 Å². The van der Waals surface area contributed by atoms with Gasteiger partial charge < -0.3 is 10.2 Å². The van der Waals surface area contributed by atoms with E-state index in [0.717, 1.165) is 26.2 Å². The van der Waals surface area contributed by atoms with E-state index in [0.29, 0.717) is 0 Å². The van der Waals surface area contributed by atoms with Crippen molar-refractivity contribution in [3.8, 4) is 0 Å². The van der Waals surface area contributed by atoms with Gasteiger partial charge in [0.15, 0.2) is 0 Å². The van der Waals surface area contributed by atoms with Crippen molar-refractivity contribution in [1.82, 2.24) is 10.4 Å². The molecule has 0 aliphatic rings. The Hall–Kier alpha value is -0.120. The van der Waals surface area contributed by atoms with E-state index in [1.54, 1.807) is 7.11 Å². The SMILES string of the molecule is CCCCCN(CCCNCCC)OC. The molecule has 0 amide bonds. The highest BCUT2D eigenvalue weighted by Gasteiger charge is 2.01. The first-order valence-electron chi connectivity index (χ1n) is 6.34. The third kappa shape index (κ3) is 10.2. The van der Waals surface area contributed by atoms with Gasteiger partial charge in [0.2, 0.25) is 0 Å². The lowest BCUT2D eigenvalue weighted by atomic mass is 10.2. The summed E-state index contributed by atoms with van der Waals surface area (Å²) in [4.78, 5) is 5.31. The van der Waals surface area contributed by atoms with E-state index < -0.39 is 0 Å². The topological polar surface area (TPSA) is 24.5 Å². The Balaban J connectivity index is 3.28. The van der Waals surface area contributed by atoms with Crippen molar-refractivity contribution in [2.45, 2.75) is 46.0 Å². The molecule has 0 aromatic heterocycles. The molecule has 0 spiro atoms. The lowest BCUT2D eigenvalue weighted by molar-refractivity contribution is -0.132. The van der Waals surface area contributed by atoms with Gasteiger partial charge in [-0.15, -0.1) is 0 Å². The summed E-state index contributed by atoms with van der Waals surface area (Å²) >= 11 is 0.